The third-order valence-corrected chi connectivity index (χ3v) is 4.86. The number of aromatic nitrogens is 3. The molecule has 0 bridgehead atoms. The van der Waals surface area contributed by atoms with Crippen LogP contribution in [0.2, 0.25) is 0 Å². The molecule has 3 aromatic rings. The molecule has 6 nitrogen and oxygen atoms in total. The minimum atomic E-state index is -0.160. The fraction of sp³-hybridized carbons (Fsp3) is 0.381. The number of hydrogen-bond acceptors (Lipinski definition) is 5. The lowest BCUT2D eigenvalue weighted by atomic mass is 9.95. The Morgan fingerprint density at radius 3 is 2.78 bits per heavy atom. The van der Waals surface area contributed by atoms with Crippen LogP contribution in [0.25, 0.3) is 11.5 Å². The second-order valence-electron chi connectivity index (χ2n) is 8.08. The first-order chi connectivity index (χ1) is 12.9. The van der Waals surface area contributed by atoms with Gasteiger partial charge in [0.1, 0.15) is 11.5 Å². The quantitative estimate of drug-likeness (QED) is 0.772. The van der Waals surface area contributed by atoms with Crippen LogP contribution in [0.1, 0.15) is 43.4 Å². The van der Waals surface area contributed by atoms with E-state index < -0.39 is 0 Å². The van der Waals surface area contributed by atoms with E-state index in [1.54, 1.807) is 6.26 Å². The van der Waals surface area contributed by atoms with Crippen LogP contribution in [0.3, 0.4) is 0 Å². The van der Waals surface area contributed by atoms with E-state index in [1.165, 1.54) is 0 Å². The average Bonchev–Trinajstić information content (AvgIpc) is 3.16. The molecule has 27 heavy (non-hydrogen) atoms. The highest BCUT2D eigenvalue weighted by Crippen LogP contribution is 2.22. The van der Waals surface area contributed by atoms with Gasteiger partial charge in [0.15, 0.2) is 5.76 Å². The molecule has 0 unspecified atom stereocenters. The van der Waals surface area contributed by atoms with Crippen LogP contribution in [0.5, 0.6) is 0 Å². The van der Waals surface area contributed by atoms with Crippen molar-refractivity contribution in [1.29, 1.82) is 0 Å². The Morgan fingerprint density at radius 2 is 2.11 bits per heavy atom. The highest BCUT2D eigenvalue weighted by atomic mass is 16.3. The Morgan fingerprint density at radius 1 is 1.26 bits per heavy atom. The molecule has 1 aliphatic heterocycles. The van der Waals surface area contributed by atoms with E-state index in [9.17, 15) is 4.79 Å². The molecular formula is C21H24N4O2. The number of nitrogens with one attached hydrogen (secondary N) is 1. The predicted octanol–water partition coefficient (Wildman–Crippen LogP) is 3.28. The second-order valence-corrected chi connectivity index (χ2v) is 8.08. The minimum absolute atomic E-state index is 0.0130. The van der Waals surface area contributed by atoms with Crippen molar-refractivity contribution in [2.45, 2.75) is 45.7 Å². The molecule has 1 N–H and O–H groups in total. The first-order valence-corrected chi connectivity index (χ1v) is 9.24. The molecule has 4 heterocycles. The first kappa shape index (κ1) is 17.7. The summed E-state index contributed by atoms with van der Waals surface area (Å²) < 4.78 is 5.38. The summed E-state index contributed by atoms with van der Waals surface area (Å²) in [7, 11) is 0. The maximum atomic E-state index is 12.6. The number of fused-ring (bicyclic) bond motifs is 1. The van der Waals surface area contributed by atoms with Gasteiger partial charge in [-0.1, -0.05) is 26.8 Å². The van der Waals surface area contributed by atoms with Crippen molar-refractivity contribution in [3.8, 4) is 11.5 Å². The van der Waals surface area contributed by atoms with Gasteiger partial charge in [0.25, 0.3) is 5.56 Å². The van der Waals surface area contributed by atoms with E-state index in [4.69, 9.17) is 9.40 Å². The molecule has 0 saturated heterocycles. The van der Waals surface area contributed by atoms with Crippen LogP contribution in [0.15, 0.2) is 45.9 Å². The molecule has 0 amide bonds. The first-order valence-electron chi connectivity index (χ1n) is 9.24. The summed E-state index contributed by atoms with van der Waals surface area (Å²) >= 11 is 0. The summed E-state index contributed by atoms with van der Waals surface area (Å²) in [4.78, 5) is 27.0. The summed E-state index contributed by atoms with van der Waals surface area (Å²) in [6.07, 6.45) is 4.31. The van der Waals surface area contributed by atoms with Crippen molar-refractivity contribution in [2.24, 2.45) is 0 Å². The minimum Gasteiger partial charge on any atom is -0.463 e. The van der Waals surface area contributed by atoms with Gasteiger partial charge in [0.2, 0.25) is 0 Å². The van der Waals surface area contributed by atoms with Crippen LogP contribution >= 0.6 is 0 Å². The van der Waals surface area contributed by atoms with E-state index in [-0.39, 0.29) is 11.0 Å². The molecule has 0 radical (unpaired) electrons. The Hall–Kier alpha value is -2.73. The monoisotopic (exact) mass is 364 g/mol. The molecule has 3 aromatic heterocycles. The highest BCUT2D eigenvalue weighted by molar-refractivity contribution is 5.51. The molecule has 4 rings (SSSR count). The van der Waals surface area contributed by atoms with E-state index in [0.29, 0.717) is 6.54 Å². The van der Waals surface area contributed by atoms with Crippen molar-refractivity contribution in [2.75, 3.05) is 6.54 Å². The number of pyridine rings is 1. The van der Waals surface area contributed by atoms with E-state index >= 15 is 0 Å². The van der Waals surface area contributed by atoms with Gasteiger partial charge in [0.05, 0.1) is 17.5 Å². The Kier molecular flexibility index (Phi) is 4.44. The molecule has 6 heteroatoms. The van der Waals surface area contributed by atoms with E-state index in [1.807, 2.05) is 24.4 Å². The second kappa shape index (κ2) is 6.78. The van der Waals surface area contributed by atoms with E-state index in [2.05, 4.69) is 41.7 Å². The lowest BCUT2D eigenvalue weighted by molar-refractivity contribution is 0.240. The Balaban J connectivity index is 1.49. The van der Waals surface area contributed by atoms with Crippen LogP contribution in [0.4, 0.5) is 0 Å². The van der Waals surface area contributed by atoms with Crippen LogP contribution in [-0.2, 0) is 24.9 Å². The van der Waals surface area contributed by atoms with Crippen molar-refractivity contribution in [3.63, 3.8) is 0 Å². The number of nitrogens with zero attached hydrogens (tertiary/aromatic N) is 3. The largest absolute Gasteiger partial charge is 0.463 e. The number of hydrogen-bond donors (Lipinski definition) is 1. The zero-order valence-electron chi connectivity index (χ0n) is 16.0. The van der Waals surface area contributed by atoms with Crippen LogP contribution in [0, 0.1) is 0 Å². The maximum absolute atomic E-state index is 12.6. The van der Waals surface area contributed by atoms with Gasteiger partial charge in [-0.3, -0.25) is 14.7 Å². The molecule has 0 spiro atoms. The van der Waals surface area contributed by atoms with Crippen LogP contribution < -0.4 is 5.56 Å². The zero-order chi connectivity index (χ0) is 19.0. The van der Waals surface area contributed by atoms with Gasteiger partial charge >= 0.3 is 0 Å². The molecule has 0 aromatic carbocycles. The normalized spacial score (nSPS) is 14.9. The predicted molar refractivity (Wildman–Crippen MR) is 103 cm³/mol. The molecule has 140 valence electrons. The summed E-state index contributed by atoms with van der Waals surface area (Å²) in [6.45, 7) is 8.44. The van der Waals surface area contributed by atoms with Gasteiger partial charge < -0.3 is 9.40 Å². The topological polar surface area (TPSA) is 75.0 Å². The highest BCUT2D eigenvalue weighted by Gasteiger charge is 2.24. The van der Waals surface area contributed by atoms with Crippen molar-refractivity contribution >= 4 is 0 Å². The van der Waals surface area contributed by atoms with Crippen LogP contribution in [-0.4, -0.2) is 26.4 Å². The number of H-pyrrole nitrogens is 1. The van der Waals surface area contributed by atoms with Gasteiger partial charge in [-0.25, -0.2) is 4.98 Å². The Labute approximate surface area is 158 Å². The fourth-order valence-corrected chi connectivity index (χ4v) is 3.32. The Bertz CT molecular complexity index is 983. The van der Waals surface area contributed by atoms with Crippen molar-refractivity contribution in [3.05, 3.63) is 69.7 Å². The molecule has 0 fully saturated rings. The number of furan rings is 1. The summed E-state index contributed by atoms with van der Waals surface area (Å²) in [6, 6.07) is 7.78. The molecule has 1 aliphatic rings. The lowest BCUT2D eigenvalue weighted by Gasteiger charge is -2.28. The third-order valence-electron chi connectivity index (χ3n) is 4.86. The molecule has 0 aliphatic carbocycles. The lowest BCUT2D eigenvalue weighted by Crippen LogP contribution is -2.37. The van der Waals surface area contributed by atoms with Crippen molar-refractivity contribution < 1.29 is 4.42 Å². The maximum Gasteiger partial charge on any atom is 0.255 e. The number of aromatic amines is 1. The average molecular weight is 364 g/mol. The smallest absolute Gasteiger partial charge is 0.255 e. The van der Waals surface area contributed by atoms with Gasteiger partial charge in [-0.05, 0) is 23.8 Å². The standard InChI is InChI=1S/C21H24N4O2/c1-21(2,3)20-23-16-8-9-25(13-15(16)19(26)24-20)12-14-6-7-17(22-11-14)18-5-4-10-27-18/h4-7,10-11H,8-9,12-13H2,1-3H3,(H,23,24,26). The summed E-state index contributed by atoms with van der Waals surface area (Å²) in [5.74, 6) is 1.53. The molecule has 0 saturated carbocycles. The third kappa shape index (κ3) is 3.71. The number of rotatable bonds is 3. The van der Waals surface area contributed by atoms with Gasteiger partial charge in [-0.15, -0.1) is 0 Å². The molecular weight excluding hydrogens is 340 g/mol. The SMILES string of the molecule is CC(C)(C)c1nc2c(c(=O)[nH]1)CN(Cc1ccc(-c3ccco3)nc1)CC2. The van der Waals surface area contributed by atoms with Gasteiger partial charge in [-0.2, -0.15) is 0 Å². The summed E-state index contributed by atoms with van der Waals surface area (Å²) in [5.41, 5.74) is 3.49. The molecule has 0 atom stereocenters. The van der Waals surface area contributed by atoms with Crippen molar-refractivity contribution in [1.82, 2.24) is 19.9 Å². The summed E-state index contributed by atoms with van der Waals surface area (Å²) in [5, 5.41) is 0. The fourth-order valence-electron chi connectivity index (χ4n) is 3.32. The zero-order valence-corrected chi connectivity index (χ0v) is 16.0. The van der Waals surface area contributed by atoms with E-state index in [0.717, 1.165) is 53.6 Å². The van der Waals surface area contributed by atoms with Gasteiger partial charge in [0, 0.05) is 37.7 Å².